The molecule has 1 unspecified atom stereocenters. The summed E-state index contributed by atoms with van der Waals surface area (Å²) in [6.07, 6.45) is 2.32. The number of thiophene rings is 1. The van der Waals surface area contributed by atoms with E-state index in [1.54, 1.807) is 11.3 Å². The molecule has 0 saturated heterocycles. The Morgan fingerprint density at radius 1 is 1.35 bits per heavy atom. The summed E-state index contributed by atoms with van der Waals surface area (Å²) in [5.41, 5.74) is 3.92. The molecular weight excluding hydrogens is 250 g/mol. The average molecular weight is 264 g/mol. The molecule has 1 aromatic heterocycles. The van der Waals surface area contributed by atoms with E-state index in [0.717, 1.165) is 10.8 Å². The highest BCUT2D eigenvalue weighted by molar-refractivity contribution is 7.16. The Balaban J connectivity index is 1.86. The van der Waals surface area contributed by atoms with E-state index in [-0.39, 0.29) is 0 Å². The highest BCUT2D eigenvalue weighted by Crippen LogP contribution is 2.41. The van der Waals surface area contributed by atoms with Crippen LogP contribution in [0.15, 0.2) is 30.3 Å². The molecule has 1 nitrogen and oxygen atoms in total. The van der Waals surface area contributed by atoms with Gasteiger partial charge in [-0.2, -0.15) is 0 Å². The van der Waals surface area contributed by atoms with Crippen LogP contribution in [0.4, 0.5) is 5.69 Å². The van der Waals surface area contributed by atoms with Gasteiger partial charge in [-0.15, -0.1) is 11.3 Å². The van der Waals surface area contributed by atoms with Crippen LogP contribution in [0.5, 0.6) is 0 Å². The van der Waals surface area contributed by atoms with Crippen molar-refractivity contribution in [2.24, 2.45) is 0 Å². The molecule has 88 valence electrons. The van der Waals surface area contributed by atoms with E-state index >= 15 is 0 Å². The number of para-hydroxylation sites is 1. The Hall–Kier alpha value is -0.990. The minimum atomic E-state index is 0.426. The molecule has 1 N–H and O–H groups in total. The standard InChI is InChI=1S/C14H14ClNS/c1-9-4-2-3-5-11(9)16-12-6-7-13-10(12)8-14(15)17-13/h2-5,8,12,16H,6-7H2,1H3. The van der Waals surface area contributed by atoms with Gasteiger partial charge in [0, 0.05) is 10.6 Å². The molecule has 3 rings (SSSR count). The molecule has 0 saturated carbocycles. The summed E-state index contributed by atoms with van der Waals surface area (Å²) in [6.45, 7) is 2.14. The van der Waals surface area contributed by atoms with Crippen LogP contribution < -0.4 is 5.32 Å². The smallest absolute Gasteiger partial charge is 0.0934 e. The first-order valence-electron chi connectivity index (χ1n) is 5.84. The first-order chi connectivity index (χ1) is 8.24. The molecule has 1 heterocycles. The molecule has 3 heteroatoms. The predicted molar refractivity (Wildman–Crippen MR) is 75.2 cm³/mol. The molecule has 0 fully saturated rings. The summed E-state index contributed by atoms with van der Waals surface area (Å²) in [4.78, 5) is 1.45. The van der Waals surface area contributed by atoms with E-state index in [2.05, 4.69) is 42.6 Å². The second-order valence-electron chi connectivity index (χ2n) is 4.48. The third kappa shape index (κ3) is 2.07. The molecule has 0 amide bonds. The van der Waals surface area contributed by atoms with Crippen molar-refractivity contribution in [1.29, 1.82) is 0 Å². The van der Waals surface area contributed by atoms with Crippen LogP contribution in [0.25, 0.3) is 0 Å². The van der Waals surface area contributed by atoms with Crippen LogP contribution in [-0.4, -0.2) is 0 Å². The van der Waals surface area contributed by atoms with Crippen LogP contribution in [0, 0.1) is 6.92 Å². The highest BCUT2D eigenvalue weighted by Gasteiger charge is 2.25. The lowest BCUT2D eigenvalue weighted by atomic mass is 10.1. The van der Waals surface area contributed by atoms with Gasteiger partial charge in [-0.25, -0.2) is 0 Å². The van der Waals surface area contributed by atoms with Gasteiger partial charge in [0.25, 0.3) is 0 Å². The first-order valence-corrected chi connectivity index (χ1v) is 7.04. The fourth-order valence-corrected chi connectivity index (χ4v) is 3.76. The number of hydrogen-bond donors (Lipinski definition) is 1. The number of nitrogens with one attached hydrogen (secondary N) is 1. The third-order valence-corrected chi connectivity index (χ3v) is 4.66. The number of fused-ring (bicyclic) bond motifs is 1. The Morgan fingerprint density at radius 3 is 3.00 bits per heavy atom. The SMILES string of the molecule is Cc1ccccc1NC1CCc2sc(Cl)cc21. The number of aryl methyl sites for hydroxylation is 2. The molecule has 17 heavy (non-hydrogen) atoms. The van der Waals surface area contributed by atoms with Gasteiger partial charge in [0.2, 0.25) is 0 Å². The molecule has 0 aliphatic heterocycles. The van der Waals surface area contributed by atoms with Gasteiger partial charge in [-0.1, -0.05) is 29.8 Å². The number of benzene rings is 1. The zero-order valence-corrected chi connectivity index (χ0v) is 11.2. The van der Waals surface area contributed by atoms with Crippen LogP contribution in [0.3, 0.4) is 0 Å². The fraction of sp³-hybridized carbons (Fsp3) is 0.286. The molecule has 0 radical (unpaired) electrons. The van der Waals surface area contributed by atoms with Gasteiger partial charge >= 0.3 is 0 Å². The largest absolute Gasteiger partial charge is 0.378 e. The molecule has 0 spiro atoms. The molecular formula is C14H14ClNS. The topological polar surface area (TPSA) is 12.0 Å². The summed E-state index contributed by atoms with van der Waals surface area (Å²) in [5, 5.41) is 3.63. The van der Waals surface area contributed by atoms with Gasteiger partial charge in [0.05, 0.1) is 10.4 Å². The average Bonchev–Trinajstić information content (AvgIpc) is 2.82. The summed E-state index contributed by atoms with van der Waals surface area (Å²) in [6, 6.07) is 11.0. The number of hydrogen-bond acceptors (Lipinski definition) is 2. The lowest BCUT2D eigenvalue weighted by molar-refractivity contribution is 0.761. The number of rotatable bonds is 2. The van der Waals surface area contributed by atoms with Gasteiger partial charge in [0.15, 0.2) is 0 Å². The van der Waals surface area contributed by atoms with Crippen molar-refractivity contribution in [3.8, 4) is 0 Å². The summed E-state index contributed by atoms with van der Waals surface area (Å²) >= 11 is 7.79. The molecule has 2 aromatic rings. The Morgan fingerprint density at radius 2 is 2.18 bits per heavy atom. The van der Waals surface area contributed by atoms with Crippen LogP contribution in [0.2, 0.25) is 4.34 Å². The van der Waals surface area contributed by atoms with E-state index in [9.17, 15) is 0 Å². The van der Waals surface area contributed by atoms with E-state index in [0.29, 0.717) is 6.04 Å². The van der Waals surface area contributed by atoms with Crippen molar-refractivity contribution in [1.82, 2.24) is 0 Å². The fourth-order valence-electron chi connectivity index (χ4n) is 2.40. The minimum Gasteiger partial charge on any atom is -0.378 e. The van der Waals surface area contributed by atoms with Crippen molar-refractivity contribution >= 4 is 28.6 Å². The number of anilines is 1. The van der Waals surface area contributed by atoms with Crippen molar-refractivity contribution in [3.05, 3.63) is 50.7 Å². The van der Waals surface area contributed by atoms with Gasteiger partial charge in [-0.3, -0.25) is 0 Å². The first kappa shape index (κ1) is 11.1. The molecule has 1 aliphatic rings. The van der Waals surface area contributed by atoms with Gasteiger partial charge in [-0.05, 0) is 43.0 Å². The minimum absolute atomic E-state index is 0.426. The van der Waals surface area contributed by atoms with Crippen LogP contribution in [0.1, 0.15) is 28.5 Å². The summed E-state index contributed by atoms with van der Waals surface area (Å²) in [7, 11) is 0. The van der Waals surface area contributed by atoms with E-state index in [1.165, 1.54) is 28.1 Å². The predicted octanol–water partition coefficient (Wildman–Crippen LogP) is 4.81. The Kier molecular flexibility index (Phi) is 2.85. The van der Waals surface area contributed by atoms with E-state index < -0.39 is 0 Å². The van der Waals surface area contributed by atoms with Crippen molar-refractivity contribution in [2.45, 2.75) is 25.8 Å². The van der Waals surface area contributed by atoms with Gasteiger partial charge < -0.3 is 5.32 Å². The lowest BCUT2D eigenvalue weighted by Gasteiger charge is -2.16. The van der Waals surface area contributed by atoms with Gasteiger partial charge in [0.1, 0.15) is 0 Å². The maximum atomic E-state index is 6.07. The zero-order valence-electron chi connectivity index (χ0n) is 9.66. The third-order valence-electron chi connectivity index (χ3n) is 3.32. The highest BCUT2D eigenvalue weighted by atomic mass is 35.5. The van der Waals surface area contributed by atoms with Crippen LogP contribution in [-0.2, 0) is 6.42 Å². The van der Waals surface area contributed by atoms with E-state index in [1.807, 2.05) is 0 Å². The lowest BCUT2D eigenvalue weighted by Crippen LogP contribution is -2.07. The summed E-state index contributed by atoms with van der Waals surface area (Å²) < 4.78 is 0.909. The summed E-state index contributed by atoms with van der Waals surface area (Å²) in [5.74, 6) is 0. The second-order valence-corrected chi connectivity index (χ2v) is 6.25. The molecule has 1 aliphatic carbocycles. The number of halogens is 1. The van der Waals surface area contributed by atoms with Crippen molar-refractivity contribution in [3.63, 3.8) is 0 Å². The van der Waals surface area contributed by atoms with E-state index in [4.69, 9.17) is 11.6 Å². The van der Waals surface area contributed by atoms with Crippen molar-refractivity contribution < 1.29 is 0 Å². The van der Waals surface area contributed by atoms with Crippen LogP contribution >= 0.6 is 22.9 Å². The Labute approximate surface area is 110 Å². The zero-order chi connectivity index (χ0) is 11.8. The monoisotopic (exact) mass is 263 g/mol. The molecule has 0 bridgehead atoms. The second kappa shape index (κ2) is 4.35. The van der Waals surface area contributed by atoms with Crippen molar-refractivity contribution in [2.75, 3.05) is 5.32 Å². The molecule has 1 aromatic carbocycles. The Bertz CT molecular complexity index is 547. The quantitative estimate of drug-likeness (QED) is 0.820. The maximum absolute atomic E-state index is 6.07. The maximum Gasteiger partial charge on any atom is 0.0934 e. The molecule has 1 atom stereocenters. The normalized spacial score (nSPS) is 18.1.